The zero-order chi connectivity index (χ0) is 17.5. The van der Waals surface area contributed by atoms with Crippen LogP contribution in [0.15, 0.2) is 33.6 Å². The van der Waals surface area contributed by atoms with Crippen molar-refractivity contribution >= 4 is 43.0 Å². The minimum Gasteiger partial charge on any atom is -0.280 e. The Labute approximate surface area is 155 Å². The average Bonchev–Trinajstić information content (AvgIpc) is 3.01. The van der Waals surface area contributed by atoms with Crippen LogP contribution in [-0.4, -0.2) is 14.5 Å². The van der Waals surface area contributed by atoms with E-state index >= 15 is 0 Å². The van der Waals surface area contributed by atoms with Crippen molar-refractivity contribution in [2.45, 2.75) is 44.2 Å². The Morgan fingerprint density at radius 3 is 2.62 bits per heavy atom. The maximum atomic E-state index is 13.0. The van der Waals surface area contributed by atoms with Gasteiger partial charge in [0, 0.05) is 31.5 Å². The first-order valence-corrected chi connectivity index (χ1v) is 10.8. The summed E-state index contributed by atoms with van der Waals surface area (Å²) < 4.78 is 29.6. The maximum Gasteiger partial charge on any atom is 0.263 e. The smallest absolute Gasteiger partial charge is 0.263 e. The lowest BCUT2D eigenvalue weighted by atomic mass is 10.0. The summed E-state index contributed by atoms with van der Waals surface area (Å²) in [6, 6.07) is 7.47. The molecule has 0 bridgehead atoms. The van der Waals surface area contributed by atoms with Crippen LogP contribution in [0, 0.1) is 13.8 Å². The third kappa shape index (κ3) is 3.52. The lowest BCUT2D eigenvalue weighted by molar-refractivity contribution is 0.552. The number of benzene rings is 1. The van der Waals surface area contributed by atoms with E-state index in [1.54, 1.807) is 18.2 Å². The molecule has 2 heterocycles. The summed E-state index contributed by atoms with van der Waals surface area (Å²) in [4.78, 5) is 2.25. The second-order valence-electron chi connectivity index (χ2n) is 6.05. The molecule has 5 nitrogen and oxygen atoms in total. The minimum absolute atomic E-state index is 0.000894. The summed E-state index contributed by atoms with van der Waals surface area (Å²) in [5.41, 5.74) is 7.81. The number of aryl methyl sites for hydroxylation is 2. The molecule has 8 heteroatoms. The molecule has 3 N–H and O–H groups in total. The van der Waals surface area contributed by atoms with Gasteiger partial charge in [-0.05, 0) is 45.4 Å². The molecule has 0 spiro atoms. The lowest BCUT2D eigenvalue weighted by Gasteiger charge is -2.15. The highest BCUT2D eigenvalue weighted by Gasteiger charge is 2.33. The molecule has 0 radical (unpaired) electrons. The van der Waals surface area contributed by atoms with Gasteiger partial charge in [0.15, 0.2) is 0 Å². The predicted molar refractivity (Wildman–Crippen MR) is 102 cm³/mol. The van der Waals surface area contributed by atoms with E-state index in [-0.39, 0.29) is 6.04 Å². The number of thiophene rings is 1. The Hall–Kier alpha value is -0.930. The summed E-state index contributed by atoms with van der Waals surface area (Å²) in [5.74, 6) is 0. The fraction of sp³-hybridized carbons (Fsp3) is 0.375. The van der Waals surface area contributed by atoms with Crippen LogP contribution in [0.4, 0.5) is 5.69 Å². The number of sulfonamides is 1. The van der Waals surface area contributed by atoms with Crippen molar-refractivity contribution in [3.8, 4) is 0 Å². The van der Waals surface area contributed by atoms with Crippen LogP contribution in [0.1, 0.15) is 34.7 Å². The number of nitrogens with one attached hydrogen (secondary N) is 3. The van der Waals surface area contributed by atoms with Gasteiger partial charge < -0.3 is 0 Å². The second-order valence-corrected chi connectivity index (χ2v) is 10.0. The van der Waals surface area contributed by atoms with Gasteiger partial charge in [0.25, 0.3) is 10.0 Å². The van der Waals surface area contributed by atoms with Crippen molar-refractivity contribution < 1.29 is 8.42 Å². The molecule has 1 aromatic carbocycles. The van der Waals surface area contributed by atoms with Crippen LogP contribution < -0.4 is 15.6 Å². The maximum absolute atomic E-state index is 13.0. The van der Waals surface area contributed by atoms with Crippen LogP contribution in [0.3, 0.4) is 0 Å². The molecule has 1 aromatic heterocycles. The Balaban J connectivity index is 2.01. The first kappa shape index (κ1) is 17.9. The van der Waals surface area contributed by atoms with Crippen LogP contribution in [0.25, 0.3) is 0 Å². The SMILES string of the molecule is Cc1sc(C)c(S(=O)(=O)Nc2cccc(Br)c2)c1C1CC(C)NN1. The summed E-state index contributed by atoms with van der Waals surface area (Å²) in [6.07, 6.45) is 0.858. The van der Waals surface area contributed by atoms with Crippen molar-refractivity contribution in [3.05, 3.63) is 44.1 Å². The highest BCUT2D eigenvalue weighted by molar-refractivity contribution is 9.10. The number of hydrogen-bond donors (Lipinski definition) is 3. The molecule has 1 aliphatic heterocycles. The zero-order valence-corrected chi connectivity index (χ0v) is 16.9. The van der Waals surface area contributed by atoms with Crippen LogP contribution in [0.2, 0.25) is 0 Å². The highest BCUT2D eigenvalue weighted by Crippen LogP contribution is 2.39. The van der Waals surface area contributed by atoms with E-state index in [2.05, 4.69) is 38.4 Å². The third-order valence-electron chi connectivity index (χ3n) is 4.04. The van der Waals surface area contributed by atoms with Gasteiger partial charge in [-0.25, -0.2) is 13.8 Å². The van der Waals surface area contributed by atoms with Gasteiger partial charge in [0.05, 0.1) is 6.04 Å². The van der Waals surface area contributed by atoms with E-state index in [9.17, 15) is 8.42 Å². The molecule has 2 atom stereocenters. The van der Waals surface area contributed by atoms with Crippen molar-refractivity contribution in [2.24, 2.45) is 0 Å². The van der Waals surface area contributed by atoms with Crippen LogP contribution >= 0.6 is 27.3 Å². The van der Waals surface area contributed by atoms with E-state index in [1.807, 2.05) is 19.9 Å². The summed E-state index contributed by atoms with van der Waals surface area (Å²) in [5, 5.41) is 0. The summed E-state index contributed by atoms with van der Waals surface area (Å²) >= 11 is 4.90. The second kappa shape index (κ2) is 6.76. The molecule has 1 saturated heterocycles. The molecule has 130 valence electrons. The number of hydrogen-bond acceptors (Lipinski definition) is 5. The quantitative estimate of drug-likeness (QED) is 0.689. The standard InChI is InChI=1S/C16H20BrN3O2S2/c1-9-7-14(19-18-9)15-10(2)23-11(3)16(15)24(21,22)20-13-6-4-5-12(17)8-13/h4-6,8-9,14,18-20H,7H2,1-3H3. The molecule has 0 saturated carbocycles. The van der Waals surface area contributed by atoms with Crippen molar-refractivity contribution in [1.82, 2.24) is 10.9 Å². The molecule has 0 amide bonds. The third-order valence-corrected chi connectivity index (χ3v) is 7.26. The van der Waals surface area contributed by atoms with Crippen molar-refractivity contribution in [1.29, 1.82) is 0 Å². The molecular weight excluding hydrogens is 410 g/mol. The van der Waals surface area contributed by atoms with Gasteiger partial charge >= 0.3 is 0 Å². The number of rotatable bonds is 4. The molecule has 0 aliphatic carbocycles. The molecule has 3 rings (SSSR count). The summed E-state index contributed by atoms with van der Waals surface area (Å²) in [6.45, 7) is 5.92. The average molecular weight is 430 g/mol. The fourth-order valence-corrected chi connectivity index (χ4v) is 6.52. The van der Waals surface area contributed by atoms with Gasteiger partial charge in [-0.2, -0.15) is 0 Å². The molecule has 1 fully saturated rings. The van der Waals surface area contributed by atoms with E-state index in [0.29, 0.717) is 16.6 Å². The van der Waals surface area contributed by atoms with Crippen molar-refractivity contribution in [2.75, 3.05) is 4.72 Å². The van der Waals surface area contributed by atoms with Gasteiger partial charge in [0.1, 0.15) is 4.90 Å². The minimum atomic E-state index is -3.65. The first-order chi connectivity index (χ1) is 11.3. The van der Waals surface area contributed by atoms with Gasteiger partial charge in [-0.1, -0.05) is 22.0 Å². The monoisotopic (exact) mass is 429 g/mol. The molecule has 1 aliphatic rings. The Bertz CT molecular complexity index is 864. The summed E-state index contributed by atoms with van der Waals surface area (Å²) in [7, 11) is -3.65. The van der Waals surface area contributed by atoms with E-state index in [0.717, 1.165) is 26.2 Å². The number of hydrazine groups is 1. The van der Waals surface area contributed by atoms with Crippen molar-refractivity contribution in [3.63, 3.8) is 0 Å². The van der Waals surface area contributed by atoms with Gasteiger partial charge in [-0.3, -0.25) is 10.1 Å². The van der Waals surface area contributed by atoms with E-state index in [4.69, 9.17) is 0 Å². The predicted octanol–water partition coefficient (Wildman–Crippen LogP) is 3.86. The topological polar surface area (TPSA) is 70.2 Å². The zero-order valence-electron chi connectivity index (χ0n) is 13.7. The Morgan fingerprint density at radius 2 is 2.00 bits per heavy atom. The van der Waals surface area contributed by atoms with Gasteiger partial charge in [-0.15, -0.1) is 11.3 Å². The number of halogens is 1. The number of anilines is 1. The first-order valence-electron chi connectivity index (χ1n) is 7.67. The Kier molecular flexibility index (Phi) is 5.04. The molecule has 2 unspecified atom stereocenters. The van der Waals surface area contributed by atoms with E-state index in [1.165, 1.54) is 11.3 Å². The molecular formula is C16H20BrN3O2S2. The lowest BCUT2D eigenvalue weighted by Crippen LogP contribution is -2.29. The Morgan fingerprint density at radius 1 is 1.25 bits per heavy atom. The van der Waals surface area contributed by atoms with Gasteiger partial charge in [0.2, 0.25) is 0 Å². The highest BCUT2D eigenvalue weighted by atomic mass is 79.9. The largest absolute Gasteiger partial charge is 0.280 e. The van der Waals surface area contributed by atoms with Crippen LogP contribution in [-0.2, 0) is 10.0 Å². The fourth-order valence-electron chi connectivity index (χ4n) is 3.08. The molecule has 2 aromatic rings. The van der Waals surface area contributed by atoms with Crippen LogP contribution in [0.5, 0.6) is 0 Å². The normalized spacial score (nSPS) is 21.2. The van der Waals surface area contributed by atoms with E-state index < -0.39 is 10.0 Å². The molecule has 24 heavy (non-hydrogen) atoms.